The van der Waals surface area contributed by atoms with E-state index in [0.717, 1.165) is 46.7 Å². The smallest absolute Gasteiger partial charge is 0.183 e. The molecule has 1 saturated carbocycles. The molecule has 1 aliphatic carbocycles. The monoisotopic (exact) mass is 263 g/mol. The Labute approximate surface area is 110 Å². The largest absolute Gasteiger partial charge is 0.399 e. The van der Waals surface area contributed by atoms with Gasteiger partial charge >= 0.3 is 0 Å². The lowest BCUT2D eigenvalue weighted by Gasteiger charge is -2.03. The zero-order valence-corrected chi connectivity index (χ0v) is 11.0. The number of thiazole rings is 1. The molecule has 5 heteroatoms. The van der Waals surface area contributed by atoms with E-state index < -0.39 is 0 Å². The van der Waals surface area contributed by atoms with Crippen LogP contribution >= 0.6 is 11.3 Å². The van der Waals surface area contributed by atoms with E-state index in [4.69, 9.17) is 10.5 Å². The van der Waals surface area contributed by atoms with Gasteiger partial charge in [-0.1, -0.05) is 11.3 Å². The SMILES string of the molecule is Nc1ccc2nc(NCCOCC3CC3)sc2c1. The molecule has 3 N–H and O–H groups in total. The van der Waals surface area contributed by atoms with Crippen LogP contribution in [0.25, 0.3) is 10.2 Å². The van der Waals surface area contributed by atoms with E-state index in [1.165, 1.54) is 12.8 Å². The lowest BCUT2D eigenvalue weighted by Crippen LogP contribution is -2.10. The number of nitrogens with two attached hydrogens (primary N) is 1. The first-order chi connectivity index (χ1) is 8.81. The Morgan fingerprint density at radius 2 is 2.33 bits per heavy atom. The summed E-state index contributed by atoms with van der Waals surface area (Å²) in [5, 5.41) is 4.23. The number of nitrogen functional groups attached to an aromatic ring is 1. The van der Waals surface area contributed by atoms with Crippen molar-refractivity contribution in [2.24, 2.45) is 5.92 Å². The van der Waals surface area contributed by atoms with Crippen molar-refractivity contribution in [3.63, 3.8) is 0 Å². The molecule has 96 valence electrons. The van der Waals surface area contributed by atoms with Crippen molar-refractivity contribution in [2.75, 3.05) is 30.8 Å². The first kappa shape index (κ1) is 11.7. The van der Waals surface area contributed by atoms with Crippen molar-refractivity contribution in [1.29, 1.82) is 0 Å². The Balaban J connectivity index is 1.50. The number of rotatable bonds is 6. The summed E-state index contributed by atoms with van der Waals surface area (Å²) in [5.41, 5.74) is 7.52. The number of aromatic nitrogens is 1. The standard InChI is InChI=1S/C13H17N3OS/c14-10-3-4-11-12(7-10)18-13(16-11)15-5-6-17-8-9-1-2-9/h3-4,7,9H,1-2,5-6,8,14H2,(H,15,16). The zero-order valence-electron chi connectivity index (χ0n) is 10.2. The Morgan fingerprint density at radius 1 is 1.44 bits per heavy atom. The molecule has 1 aliphatic rings. The predicted octanol–water partition coefficient (Wildman–Crippen LogP) is 2.72. The molecule has 0 unspecified atom stereocenters. The summed E-state index contributed by atoms with van der Waals surface area (Å²) in [6, 6.07) is 5.79. The molecule has 4 nitrogen and oxygen atoms in total. The van der Waals surface area contributed by atoms with Gasteiger partial charge in [0, 0.05) is 18.8 Å². The van der Waals surface area contributed by atoms with Gasteiger partial charge in [0.15, 0.2) is 5.13 Å². The van der Waals surface area contributed by atoms with Crippen molar-refractivity contribution < 1.29 is 4.74 Å². The zero-order chi connectivity index (χ0) is 12.4. The third-order valence-corrected chi connectivity index (χ3v) is 3.96. The molecule has 3 rings (SSSR count). The fraction of sp³-hybridized carbons (Fsp3) is 0.462. The number of benzene rings is 1. The van der Waals surface area contributed by atoms with Gasteiger partial charge in [0.05, 0.1) is 16.8 Å². The second kappa shape index (κ2) is 5.12. The minimum absolute atomic E-state index is 0.745. The highest BCUT2D eigenvalue weighted by molar-refractivity contribution is 7.22. The summed E-state index contributed by atoms with van der Waals surface area (Å²) in [7, 11) is 0. The average Bonchev–Trinajstić information content (AvgIpc) is 3.08. The fourth-order valence-corrected chi connectivity index (χ4v) is 2.72. The van der Waals surface area contributed by atoms with E-state index in [-0.39, 0.29) is 0 Å². The van der Waals surface area contributed by atoms with E-state index >= 15 is 0 Å². The van der Waals surface area contributed by atoms with E-state index in [1.54, 1.807) is 11.3 Å². The van der Waals surface area contributed by atoms with Crippen LogP contribution in [-0.4, -0.2) is 24.7 Å². The molecule has 0 spiro atoms. The van der Waals surface area contributed by atoms with E-state index in [0.29, 0.717) is 0 Å². The van der Waals surface area contributed by atoms with Crippen molar-refractivity contribution in [1.82, 2.24) is 4.98 Å². The molecular weight excluding hydrogens is 246 g/mol. The van der Waals surface area contributed by atoms with Crippen LogP contribution in [0, 0.1) is 5.92 Å². The third kappa shape index (κ3) is 2.91. The lowest BCUT2D eigenvalue weighted by molar-refractivity contribution is 0.134. The van der Waals surface area contributed by atoms with Crippen LogP contribution in [0.3, 0.4) is 0 Å². The molecule has 0 amide bonds. The molecule has 1 aromatic heterocycles. The van der Waals surface area contributed by atoms with Gasteiger partial charge in [-0.2, -0.15) is 0 Å². The number of nitrogens with zero attached hydrogens (tertiary/aromatic N) is 1. The molecule has 0 saturated heterocycles. The third-order valence-electron chi connectivity index (χ3n) is 2.99. The van der Waals surface area contributed by atoms with Gasteiger partial charge in [-0.25, -0.2) is 4.98 Å². The maximum absolute atomic E-state index is 5.75. The van der Waals surface area contributed by atoms with Crippen LogP contribution in [0.5, 0.6) is 0 Å². The lowest BCUT2D eigenvalue weighted by atomic mass is 10.3. The molecule has 18 heavy (non-hydrogen) atoms. The first-order valence-electron chi connectivity index (χ1n) is 6.29. The van der Waals surface area contributed by atoms with Gasteiger partial charge in [-0.15, -0.1) is 0 Å². The van der Waals surface area contributed by atoms with Gasteiger partial charge < -0.3 is 15.8 Å². The molecule has 1 aromatic carbocycles. The first-order valence-corrected chi connectivity index (χ1v) is 7.10. The summed E-state index contributed by atoms with van der Waals surface area (Å²) in [5.74, 6) is 0.829. The molecule has 0 bridgehead atoms. The summed E-state index contributed by atoms with van der Waals surface area (Å²) >= 11 is 1.63. The minimum atomic E-state index is 0.745. The Morgan fingerprint density at radius 3 is 3.17 bits per heavy atom. The average molecular weight is 263 g/mol. The summed E-state index contributed by atoms with van der Waals surface area (Å²) in [6.45, 7) is 2.47. The number of hydrogen-bond acceptors (Lipinski definition) is 5. The molecule has 1 heterocycles. The molecule has 0 atom stereocenters. The highest BCUT2D eigenvalue weighted by Crippen LogP contribution is 2.29. The Kier molecular flexibility index (Phi) is 3.34. The van der Waals surface area contributed by atoms with Gasteiger partial charge in [-0.3, -0.25) is 0 Å². The summed E-state index contributed by atoms with van der Waals surface area (Å²) < 4.78 is 6.69. The Bertz CT molecular complexity index is 536. The van der Waals surface area contributed by atoms with Crippen molar-refractivity contribution in [2.45, 2.75) is 12.8 Å². The predicted molar refractivity (Wildman–Crippen MR) is 76.1 cm³/mol. The number of nitrogens with one attached hydrogen (secondary N) is 1. The molecule has 1 fully saturated rings. The van der Waals surface area contributed by atoms with Crippen molar-refractivity contribution in [3.05, 3.63) is 18.2 Å². The van der Waals surface area contributed by atoms with Gasteiger partial charge in [0.2, 0.25) is 0 Å². The Hall–Kier alpha value is -1.33. The summed E-state index contributed by atoms with van der Waals surface area (Å²) in [4.78, 5) is 4.50. The number of anilines is 2. The van der Waals surface area contributed by atoms with Crippen molar-refractivity contribution >= 4 is 32.4 Å². The molecular formula is C13H17N3OS. The molecule has 0 aliphatic heterocycles. The van der Waals surface area contributed by atoms with Crippen LogP contribution in [-0.2, 0) is 4.74 Å². The normalized spacial score (nSPS) is 15.1. The van der Waals surface area contributed by atoms with Crippen LogP contribution in [0.15, 0.2) is 18.2 Å². The van der Waals surface area contributed by atoms with E-state index in [9.17, 15) is 0 Å². The quantitative estimate of drug-likeness (QED) is 0.621. The molecule has 0 radical (unpaired) electrons. The number of hydrogen-bond donors (Lipinski definition) is 2. The second-order valence-corrected chi connectivity index (χ2v) is 5.72. The second-order valence-electron chi connectivity index (χ2n) is 4.69. The highest BCUT2D eigenvalue weighted by atomic mass is 32.1. The van der Waals surface area contributed by atoms with Gasteiger partial charge in [-0.05, 0) is 37.0 Å². The molecule has 2 aromatic rings. The van der Waals surface area contributed by atoms with Gasteiger partial charge in [0.1, 0.15) is 0 Å². The van der Waals surface area contributed by atoms with Crippen LogP contribution in [0.1, 0.15) is 12.8 Å². The van der Waals surface area contributed by atoms with Gasteiger partial charge in [0.25, 0.3) is 0 Å². The highest BCUT2D eigenvalue weighted by Gasteiger charge is 2.20. The van der Waals surface area contributed by atoms with Crippen LogP contribution < -0.4 is 11.1 Å². The van der Waals surface area contributed by atoms with Crippen LogP contribution in [0.2, 0.25) is 0 Å². The van der Waals surface area contributed by atoms with E-state index in [1.807, 2.05) is 18.2 Å². The minimum Gasteiger partial charge on any atom is -0.399 e. The topological polar surface area (TPSA) is 60.2 Å². The van der Waals surface area contributed by atoms with E-state index in [2.05, 4.69) is 10.3 Å². The fourth-order valence-electron chi connectivity index (χ4n) is 1.78. The van der Waals surface area contributed by atoms with Crippen molar-refractivity contribution in [3.8, 4) is 0 Å². The van der Waals surface area contributed by atoms with Crippen LogP contribution in [0.4, 0.5) is 10.8 Å². The maximum atomic E-state index is 5.75. The number of ether oxygens (including phenoxy) is 1. The summed E-state index contributed by atoms with van der Waals surface area (Å²) in [6.07, 6.45) is 2.68. The maximum Gasteiger partial charge on any atom is 0.183 e. The number of fused-ring (bicyclic) bond motifs is 1.